The Morgan fingerprint density at radius 2 is 1.95 bits per heavy atom. The van der Waals surface area contributed by atoms with E-state index in [-0.39, 0.29) is 11.6 Å². The van der Waals surface area contributed by atoms with Crippen molar-refractivity contribution in [2.75, 3.05) is 19.6 Å². The molecule has 0 aliphatic rings. The molecule has 0 saturated carbocycles. The largest absolute Gasteiger partial charge is 0.357 e. The van der Waals surface area contributed by atoms with Gasteiger partial charge in [0.05, 0.1) is 12.6 Å². The summed E-state index contributed by atoms with van der Waals surface area (Å²) in [6.07, 6.45) is 0. The highest BCUT2D eigenvalue weighted by Crippen LogP contribution is 2.22. The molecule has 4 nitrogen and oxygen atoms in total. The van der Waals surface area contributed by atoms with E-state index in [1.807, 2.05) is 6.07 Å². The molecule has 0 spiro atoms. The van der Waals surface area contributed by atoms with Crippen molar-refractivity contribution in [2.24, 2.45) is 4.99 Å². The van der Waals surface area contributed by atoms with Gasteiger partial charge in [0.15, 0.2) is 5.96 Å². The first kappa shape index (κ1) is 19.0. The Bertz CT molecular complexity index is 480. The van der Waals surface area contributed by atoms with Gasteiger partial charge < -0.3 is 16.0 Å². The molecular formula is C17H29BrN4. The number of aliphatic imine (C=N–C) groups is 1. The van der Waals surface area contributed by atoms with Crippen molar-refractivity contribution < 1.29 is 0 Å². The Kier molecular flexibility index (Phi) is 7.90. The number of guanidine groups is 1. The Hall–Kier alpha value is -1.07. The van der Waals surface area contributed by atoms with Crippen molar-refractivity contribution in [2.45, 2.75) is 46.2 Å². The van der Waals surface area contributed by atoms with Gasteiger partial charge in [0.25, 0.3) is 0 Å². The minimum Gasteiger partial charge on any atom is -0.357 e. The Morgan fingerprint density at radius 3 is 2.55 bits per heavy atom. The Labute approximate surface area is 143 Å². The minimum atomic E-state index is 0.128. The fourth-order valence-electron chi connectivity index (χ4n) is 2.03. The van der Waals surface area contributed by atoms with Crippen LogP contribution in [0.2, 0.25) is 0 Å². The standard InChI is InChI=1S/C17H29BrN4/c1-6-19-16(20-11-12-21-17(3,4)5)22-13(2)14-9-7-8-10-15(14)18/h7-10,13,21H,6,11-12H2,1-5H3,(H2,19,20,22). The van der Waals surface area contributed by atoms with Crippen LogP contribution in [-0.2, 0) is 0 Å². The topological polar surface area (TPSA) is 48.5 Å². The van der Waals surface area contributed by atoms with E-state index in [2.05, 4.69) is 89.7 Å². The highest BCUT2D eigenvalue weighted by molar-refractivity contribution is 9.10. The molecule has 0 saturated heterocycles. The zero-order chi connectivity index (χ0) is 16.6. The number of hydrogen-bond acceptors (Lipinski definition) is 2. The third-order valence-electron chi connectivity index (χ3n) is 3.11. The molecule has 0 aromatic heterocycles. The fourth-order valence-corrected chi connectivity index (χ4v) is 2.66. The summed E-state index contributed by atoms with van der Waals surface area (Å²) in [5.74, 6) is 0.849. The van der Waals surface area contributed by atoms with Crippen molar-refractivity contribution in [3.63, 3.8) is 0 Å². The quantitative estimate of drug-likeness (QED) is 0.409. The van der Waals surface area contributed by atoms with Crippen molar-refractivity contribution in [1.29, 1.82) is 0 Å². The van der Waals surface area contributed by atoms with E-state index in [0.29, 0.717) is 0 Å². The van der Waals surface area contributed by atoms with Gasteiger partial charge in [-0.1, -0.05) is 34.1 Å². The summed E-state index contributed by atoms with van der Waals surface area (Å²) in [5.41, 5.74) is 1.35. The summed E-state index contributed by atoms with van der Waals surface area (Å²) in [6.45, 7) is 13.2. The van der Waals surface area contributed by atoms with Gasteiger partial charge >= 0.3 is 0 Å². The summed E-state index contributed by atoms with van der Waals surface area (Å²) < 4.78 is 1.11. The minimum absolute atomic E-state index is 0.128. The van der Waals surface area contributed by atoms with Crippen LogP contribution in [0, 0.1) is 0 Å². The van der Waals surface area contributed by atoms with Crippen LogP contribution in [0.3, 0.4) is 0 Å². The van der Waals surface area contributed by atoms with Crippen LogP contribution in [0.25, 0.3) is 0 Å². The van der Waals surface area contributed by atoms with E-state index in [9.17, 15) is 0 Å². The van der Waals surface area contributed by atoms with Crippen molar-refractivity contribution in [1.82, 2.24) is 16.0 Å². The molecule has 1 aromatic carbocycles. The molecule has 5 heteroatoms. The van der Waals surface area contributed by atoms with Crippen LogP contribution in [-0.4, -0.2) is 31.1 Å². The predicted octanol–water partition coefficient (Wildman–Crippen LogP) is 3.45. The predicted molar refractivity (Wildman–Crippen MR) is 99.4 cm³/mol. The summed E-state index contributed by atoms with van der Waals surface area (Å²) in [5, 5.41) is 10.2. The molecule has 1 unspecified atom stereocenters. The number of hydrogen-bond donors (Lipinski definition) is 3. The molecule has 22 heavy (non-hydrogen) atoms. The lowest BCUT2D eigenvalue weighted by Crippen LogP contribution is -2.40. The lowest BCUT2D eigenvalue weighted by Gasteiger charge is -2.21. The van der Waals surface area contributed by atoms with Crippen LogP contribution in [0.4, 0.5) is 0 Å². The van der Waals surface area contributed by atoms with Crippen LogP contribution in [0.15, 0.2) is 33.7 Å². The molecular weight excluding hydrogens is 340 g/mol. The summed E-state index contributed by atoms with van der Waals surface area (Å²) in [4.78, 5) is 4.63. The highest BCUT2D eigenvalue weighted by atomic mass is 79.9. The van der Waals surface area contributed by atoms with E-state index in [4.69, 9.17) is 0 Å². The van der Waals surface area contributed by atoms with Gasteiger partial charge in [-0.25, -0.2) is 0 Å². The Morgan fingerprint density at radius 1 is 1.27 bits per heavy atom. The monoisotopic (exact) mass is 368 g/mol. The van der Waals surface area contributed by atoms with E-state index in [1.54, 1.807) is 0 Å². The maximum absolute atomic E-state index is 4.63. The zero-order valence-electron chi connectivity index (χ0n) is 14.3. The fraction of sp³-hybridized carbons (Fsp3) is 0.588. The Balaban J connectivity index is 2.61. The lowest BCUT2D eigenvalue weighted by molar-refractivity contribution is 0.432. The summed E-state index contributed by atoms with van der Waals surface area (Å²) in [7, 11) is 0. The third-order valence-corrected chi connectivity index (χ3v) is 3.83. The summed E-state index contributed by atoms with van der Waals surface area (Å²) >= 11 is 3.60. The van der Waals surface area contributed by atoms with E-state index in [1.165, 1.54) is 5.56 Å². The molecule has 0 radical (unpaired) electrons. The van der Waals surface area contributed by atoms with Crippen molar-refractivity contribution in [3.8, 4) is 0 Å². The first-order chi connectivity index (χ1) is 10.3. The molecule has 1 rings (SSSR count). The molecule has 3 N–H and O–H groups in total. The van der Waals surface area contributed by atoms with Crippen molar-refractivity contribution >= 4 is 21.9 Å². The van der Waals surface area contributed by atoms with Crippen LogP contribution in [0.5, 0.6) is 0 Å². The normalized spacial score (nSPS) is 13.8. The van der Waals surface area contributed by atoms with Crippen molar-refractivity contribution in [3.05, 3.63) is 34.3 Å². The molecule has 124 valence electrons. The molecule has 0 bridgehead atoms. The van der Waals surface area contributed by atoms with Gasteiger partial charge in [-0.3, -0.25) is 4.99 Å². The van der Waals surface area contributed by atoms with Gasteiger partial charge in [-0.2, -0.15) is 0 Å². The van der Waals surface area contributed by atoms with Gasteiger partial charge in [0.2, 0.25) is 0 Å². The van der Waals surface area contributed by atoms with E-state index < -0.39 is 0 Å². The highest BCUT2D eigenvalue weighted by Gasteiger charge is 2.11. The van der Waals surface area contributed by atoms with Gasteiger partial charge in [-0.15, -0.1) is 0 Å². The lowest BCUT2D eigenvalue weighted by atomic mass is 10.1. The molecule has 0 aliphatic carbocycles. The van der Waals surface area contributed by atoms with Crippen LogP contribution >= 0.6 is 15.9 Å². The number of rotatable bonds is 6. The average molecular weight is 369 g/mol. The molecule has 1 atom stereocenters. The smallest absolute Gasteiger partial charge is 0.191 e. The number of halogens is 1. The van der Waals surface area contributed by atoms with Gasteiger partial charge in [0, 0.05) is 23.1 Å². The maximum atomic E-state index is 4.63. The van der Waals surface area contributed by atoms with E-state index >= 15 is 0 Å². The average Bonchev–Trinajstić information content (AvgIpc) is 2.43. The van der Waals surface area contributed by atoms with Gasteiger partial charge in [0.1, 0.15) is 0 Å². The van der Waals surface area contributed by atoms with E-state index in [0.717, 1.165) is 30.1 Å². The summed E-state index contributed by atoms with van der Waals surface area (Å²) in [6, 6.07) is 8.44. The zero-order valence-corrected chi connectivity index (χ0v) is 15.9. The number of benzene rings is 1. The second-order valence-corrected chi connectivity index (χ2v) is 7.18. The third kappa shape index (κ3) is 7.27. The molecule has 0 aliphatic heterocycles. The maximum Gasteiger partial charge on any atom is 0.191 e. The van der Waals surface area contributed by atoms with Crippen LogP contribution < -0.4 is 16.0 Å². The molecule has 0 amide bonds. The van der Waals surface area contributed by atoms with Crippen LogP contribution in [0.1, 0.15) is 46.2 Å². The van der Waals surface area contributed by atoms with Gasteiger partial charge in [-0.05, 0) is 46.2 Å². The SMILES string of the molecule is CCNC(=NCCNC(C)(C)C)NC(C)c1ccccc1Br. The second-order valence-electron chi connectivity index (χ2n) is 6.32. The molecule has 1 aromatic rings. The number of nitrogens with one attached hydrogen (secondary N) is 3. The molecule has 0 heterocycles. The molecule has 0 fully saturated rings. The first-order valence-electron chi connectivity index (χ1n) is 7.88. The second kappa shape index (κ2) is 9.16. The number of nitrogens with zero attached hydrogens (tertiary/aromatic N) is 1. The first-order valence-corrected chi connectivity index (χ1v) is 8.67.